The third-order valence-corrected chi connectivity index (χ3v) is 2.41. The largest absolute Gasteiger partial charge is 0.480 e. The molecule has 0 radical (unpaired) electrons. The van der Waals surface area contributed by atoms with E-state index in [1.54, 1.807) is 13.8 Å². The van der Waals surface area contributed by atoms with E-state index in [0.717, 1.165) is 0 Å². The Morgan fingerprint density at radius 2 is 1.67 bits per heavy atom. The fraction of sp³-hybridized carbons (Fsp3) is 0.750. The summed E-state index contributed by atoms with van der Waals surface area (Å²) in [5.41, 5.74) is 5.16. The first-order chi connectivity index (χ1) is 7.05. The lowest BCUT2D eigenvalue weighted by Crippen LogP contribution is -2.34. The number of carbonyl (C=O) groups is 1. The van der Waals surface area contributed by atoms with Gasteiger partial charge in [0, 0.05) is 0 Å². The zero-order chi connectivity index (χ0) is 11.7. The molecule has 0 saturated heterocycles. The highest BCUT2D eigenvalue weighted by Gasteiger charge is 2.14. The van der Waals surface area contributed by atoms with Crippen LogP contribution in [0.4, 0.5) is 0 Å². The van der Waals surface area contributed by atoms with Gasteiger partial charge in [0.15, 0.2) is 0 Å². The number of carboxylic acids is 1. The lowest BCUT2D eigenvalue weighted by Gasteiger charge is -2.07. The predicted molar refractivity (Wildman–Crippen MR) is 62.7 cm³/mol. The van der Waals surface area contributed by atoms with Gasteiger partial charge in [0.1, 0.15) is 6.04 Å². The molecule has 1 rings (SSSR count). The van der Waals surface area contributed by atoms with Gasteiger partial charge in [-0.25, -0.2) is 0 Å². The maximum atomic E-state index is 10.0. The summed E-state index contributed by atoms with van der Waals surface area (Å²) < 4.78 is 0. The summed E-state index contributed by atoms with van der Waals surface area (Å²) in [6.45, 7) is 3.55. The molecule has 15 heavy (non-hydrogen) atoms. The predicted octanol–water partition coefficient (Wildman–Crippen LogP) is 2.56. The summed E-state index contributed by atoms with van der Waals surface area (Å²) in [5, 5.41) is 8.23. The number of hydrogen-bond acceptors (Lipinski definition) is 2. The van der Waals surface area contributed by atoms with E-state index in [9.17, 15) is 4.79 Å². The van der Waals surface area contributed by atoms with Crippen molar-refractivity contribution in [2.24, 2.45) is 11.7 Å². The van der Waals surface area contributed by atoms with Crippen molar-refractivity contribution in [2.45, 2.75) is 52.0 Å². The molecule has 0 unspecified atom stereocenters. The van der Waals surface area contributed by atoms with E-state index >= 15 is 0 Å². The Morgan fingerprint density at radius 3 is 1.93 bits per heavy atom. The molecule has 0 spiro atoms. The highest BCUT2D eigenvalue weighted by atomic mass is 16.4. The van der Waals surface area contributed by atoms with Crippen molar-refractivity contribution in [3.05, 3.63) is 12.2 Å². The van der Waals surface area contributed by atoms with Crippen molar-refractivity contribution in [1.82, 2.24) is 0 Å². The van der Waals surface area contributed by atoms with E-state index in [4.69, 9.17) is 10.8 Å². The topological polar surface area (TPSA) is 63.3 Å². The molecule has 0 aromatic rings. The minimum Gasteiger partial charge on any atom is -0.480 e. The van der Waals surface area contributed by atoms with Crippen molar-refractivity contribution in [1.29, 1.82) is 0 Å². The molecule has 0 amide bonds. The minimum absolute atomic E-state index is 0.0208. The van der Waals surface area contributed by atoms with Crippen molar-refractivity contribution in [2.75, 3.05) is 0 Å². The zero-order valence-corrected chi connectivity index (χ0v) is 9.78. The molecule has 0 aromatic carbocycles. The summed E-state index contributed by atoms with van der Waals surface area (Å²) in [4.78, 5) is 10.0. The molecule has 3 nitrogen and oxygen atoms in total. The first kappa shape index (κ1) is 14.2. The van der Waals surface area contributed by atoms with Gasteiger partial charge in [-0.1, -0.05) is 32.4 Å². The van der Waals surface area contributed by atoms with Gasteiger partial charge >= 0.3 is 5.97 Å². The number of aliphatic carboxylic acids is 1. The Labute approximate surface area is 92.4 Å². The van der Waals surface area contributed by atoms with Crippen LogP contribution in [0, 0.1) is 5.92 Å². The highest BCUT2D eigenvalue weighted by Crippen LogP contribution is 2.08. The second-order valence-corrected chi connectivity index (χ2v) is 4.22. The van der Waals surface area contributed by atoms with Gasteiger partial charge in [0.2, 0.25) is 0 Å². The number of carboxylic acid groups (broad SMARTS) is 1. The van der Waals surface area contributed by atoms with E-state index in [2.05, 4.69) is 12.2 Å². The Hall–Kier alpha value is -0.830. The van der Waals surface area contributed by atoms with Gasteiger partial charge in [0.05, 0.1) is 0 Å². The van der Waals surface area contributed by atoms with Gasteiger partial charge in [-0.3, -0.25) is 4.79 Å². The molecule has 3 heteroatoms. The monoisotopic (exact) mass is 213 g/mol. The van der Waals surface area contributed by atoms with Gasteiger partial charge in [0.25, 0.3) is 0 Å². The van der Waals surface area contributed by atoms with Crippen molar-refractivity contribution in [3.63, 3.8) is 0 Å². The molecule has 1 aliphatic carbocycles. The van der Waals surface area contributed by atoms with Crippen LogP contribution in [-0.2, 0) is 4.79 Å². The molecule has 0 aliphatic heterocycles. The van der Waals surface area contributed by atoms with Crippen LogP contribution in [0.1, 0.15) is 46.0 Å². The lowest BCUT2D eigenvalue weighted by atomic mass is 10.1. The van der Waals surface area contributed by atoms with E-state index in [1.165, 1.54) is 32.1 Å². The van der Waals surface area contributed by atoms with Crippen LogP contribution in [0.15, 0.2) is 12.2 Å². The average molecular weight is 213 g/mol. The smallest absolute Gasteiger partial charge is 0.320 e. The summed E-state index contributed by atoms with van der Waals surface area (Å²) in [7, 11) is 0. The van der Waals surface area contributed by atoms with Crippen LogP contribution in [0.2, 0.25) is 0 Å². The fourth-order valence-electron chi connectivity index (χ4n) is 1.22. The normalized spacial score (nSPS) is 17.6. The summed E-state index contributed by atoms with van der Waals surface area (Å²) in [6, 6.07) is -0.713. The third-order valence-electron chi connectivity index (χ3n) is 2.41. The van der Waals surface area contributed by atoms with E-state index < -0.39 is 12.0 Å². The van der Waals surface area contributed by atoms with Gasteiger partial charge in [-0.2, -0.15) is 0 Å². The molecule has 0 heterocycles. The van der Waals surface area contributed by atoms with Gasteiger partial charge < -0.3 is 10.8 Å². The quantitative estimate of drug-likeness (QED) is 0.693. The average Bonchev–Trinajstić information content (AvgIpc) is 2.48. The van der Waals surface area contributed by atoms with Crippen LogP contribution in [-0.4, -0.2) is 17.1 Å². The Bertz CT molecular complexity index is 192. The standard InChI is InChI=1S/C7H12.C5H11NO2/c1-2-4-6-7-5-3-1;1-3(2)4(6)5(7)8/h1-2H,3-7H2;3-4H,6H2,1-2H3,(H,7,8)/t;4-/m.0/s1. The number of nitrogens with two attached hydrogens (primary N) is 1. The lowest BCUT2D eigenvalue weighted by molar-refractivity contribution is -0.139. The highest BCUT2D eigenvalue weighted by molar-refractivity contribution is 5.73. The third kappa shape index (κ3) is 8.18. The Morgan fingerprint density at radius 1 is 1.20 bits per heavy atom. The first-order valence-electron chi connectivity index (χ1n) is 5.69. The van der Waals surface area contributed by atoms with Crippen LogP contribution in [0.3, 0.4) is 0 Å². The van der Waals surface area contributed by atoms with Crippen molar-refractivity contribution in [3.8, 4) is 0 Å². The molecule has 0 aromatic heterocycles. The number of rotatable bonds is 2. The molecule has 88 valence electrons. The maximum absolute atomic E-state index is 10.0. The summed E-state index contributed by atoms with van der Waals surface area (Å²) in [5.74, 6) is -0.910. The van der Waals surface area contributed by atoms with E-state index in [-0.39, 0.29) is 5.92 Å². The first-order valence-corrected chi connectivity index (χ1v) is 5.69. The molecular formula is C12H23NO2. The van der Waals surface area contributed by atoms with Crippen LogP contribution in [0.5, 0.6) is 0 Å². The number of hydrogen-bond donors (Lipinski definition) is 2. The Balaban J connectivity index is 0.000000262. The van der Waals surface area contributed by atoms with Crippen LogP contribution < -0.4 is 5.73 Å². The van der Waals surface area contributed by atoms with Crippen LogP contribution >= 0.6 is 0 Å². The summed E-state index contributed by atoms with van der Waals surface area (Å²) >= 11 is 0. The second kappa shape index (κ2) is 8.48. The molecule has 1 aliphatic rings. The fourth-order valence-corrected chi connectivity index (χ4v) is 1.22. The zero-order valence-electron chi connectivity index (χ0n) is 9.78. The molecule has 0 bridgehead atoms. The SMILES string of the molecule is C1=CCCCCC1.CC(C)[C@H](N)C(=O)O. The van der Waals surface area contributed by atoms with Crippen LogP contribution in [0.25, 0.3) is 0 Å². The molecule has 0 fully saturated rings. The minimum atomic E-state index is -0.931. The van der Waals surface area contributed by atoms with E-state index in [0.29, 0.717) is 0 Å². The van der Waals surface area contributed by atoms with E-state index in [1.807, 2.05) is 0 Å². The Kier molecular flexibility index (Phi) is 8.01. The van der Waals surface area contributed by atoms with Crippen molar-refractivity contribution < 1.29 is 9.90 Å². The summed E-state index contributed by atoms with van der Waals surface area (Å²) in [6.07, 6.45) is 11.5. The second-order valence-electron chi connectivity index (χ2n) is 4.22. The molecule has 0 saturated carbocycles. The van der Waals surface area contributed by atoms with Crippen molar-refractivity contribution >= 4 is 5.97 Å². The molecule has 3 N–H and O–H groups in total. The maximum Gasteiger partial charge on any atom is 0.320 e. The van der Waals surface area contributed by atoms with Gasteiger partial charge in [-0.15, -0.1) is 0 Å². The number of allylic oxidation sites excluding steroid dienone is 2. The molecule has 1 atom stereocenters. The molecular weight excluding hydrogens is 190 g/mol. The van der Waals surface area contributed by atoms with Gasteiger partial charge in [-0.05, 0) is 31.6 Å².